The summed E-state index contributed by atoms with van der Waals surface area (Å²) in [5.41, 5.74) is 1.55. The molecule has 0 atom stereocenters. The van der Waals surface area contributed by atoms with Gasteiger partial charge in [0.1, 0.15) is 12.1 Å². The molecule has 0 unspecified atom stereocenters. The Morgan fingerprint density at radius 2 is 1.73 bits per heavy atom. The Hall–Kier alpha value is -3.04. The molecule has 0 spiro atoms. The number of para-hydroxylation sites is 1. The van der Waals surface area contributed by atoms with Gasteiger partial charge in [-0.05, 0) is 36.4 Å². The molecule has 0 aliphatic carbocycles. The third-order valence-corrected chi connectivity index (χ3v) is 5.80. The fourth-order valence-electron chi connectivity index (χ4n) is 2.41. The zero-order valence-electron chi connectivity index (χ0n) is 13.3. The van der Waals surface area contributed by atoms with E-state index in [0.717, 1.165) is 16.6 Å². The van der Waals surface area contributed by atoms with E-state index < -0.39 is 10.0 Å². The first-order valence-electron chi connectivity index (χ1n) is 7.61. The van der Waals surface area contributed by atoms with Gasteiger partial charge in [0.15, 0.2) is 5.13 Å². The summed E-state index contributed by atoms with van der Waals surface area (Å²) in [4.78, 5) is 12.6. The molecule has 0 aliphatic heterocycles. The highest BCUT2D eigenvalue weighted by molar-refractivity contribution is 7.93. The van der Waals surface area contributed by atoms with Crippen LogP contribution in [0.4, 0.5) is 16.6 Å². The lowest BCUT2D eigenvalue weighted by Gasteiger charge is -2.09. The third kappa shape index (κ3) is 3.35. The molecule has 2 aromatic heterocycles. The number of sulfonamides is 1. The molecule has 2 aromatic carbocycles. The summed E-state index contributed by atoms with van der Waals surface area (Å²) in [6.07, 6.45) is 3.03. The monoisotopic (exact) mass is 383 g/mol. The van der Waals surface area contributed by atoms with Crippen molar-refractivity contribution in [3.05, 3.63) is 66.4 Å². The maximum absolute atomic E-state index is 12.4. The molecule has 0 saturated heterocycles. The molecule has 2 heterocycles. The van der Waals surface area contributed by atoms with Crippen molar-refractivity contribution in [2.75, 3.05) is 10.0 Å². The molecule has 4 rings (SSSR count). The quantitative estimate of drug-likeness (QED) is 0.546. The van der Waals surface area contributed by atoms with Crippen molar-refractivity contribution in [1.29, 1.82) is 0 Å². The van der Waals surface area contributed by atoms with Gasteiger partial charge < -0.3 is 5.32 Å². The molecule has 7 nitrogen and oxygen atoms in total. The van der Waals surface area contributed by atoms with Crippen molar-refractivity contribution in [3.63, 3.8) is 0 Å². The Kier molecular flexibility index (Phi) is 4.23. The van der Waals surface area contributed by atoms with E-state index in [1.807, 2.05) is 24.3 Å². The number of fused-ring (bicyclic) bond motifs is 1. The van der Waals surface area contributed by atoms with Gasteiger partial charge in [0.05, 0.1) is 10.4 Å². The van der Waals surface area contributed by atoms with Crippen molar-refractivity contribution in [1.82, 2.24) is 15.0 Å². The highest BCUT2D eigenvalue weighted by Crippen LogP contribution is 2.24. The van der Waals surface area contributed by atoms with Crippen LogP contribution < -0.4 is 10.0 Å². The molecule has 4 aromatic rings. The molecular weight excluding hydrogens is 370 g/mol. The van der Waals surface area contributed by atoms with Crippen molar-refractivity contribution < 1.29 is 8.42 Å². The number of anilines is 3. The molecule has 0 fully saturated rings. The summed E-state index contributed by atoms with van der Waals surface area (Å²) in [7, 11) is -3.66. The minimum absolute atomic E-state index is 0.158. The number of benzene rings is 2. The highest BCUT2D eigenvalue weighted by Gasteiger charge is 2.15. The lowest BCUT2D eigenvalue weighted by atomic mass is 10.2. The zero-order valence-corrected chi connectivity index (χ0v) is 15.0. The number of hydrogen-bond acceptors (Lipinski definition) is 7. The maximum atomic E-state index is 12.4. The fourth-order valence-corrected chi connectivity index (χ4v) is 4.20. The van der Waals surface area contributed by atoms with Crippen LogP contribution in [0, 0.1) is 0 Å². The number of thiazole rings is 1. The summed E-state index contributed by atoms with van der Waals surface area (Å²) in [6.45, 7) is 0. The Morgan fingerprint density at radius 1 is 0.923 bits per heavy atom. The van der Waals surface area contributed by atoms with Crippen molar-refractivity contribution >= 4 is 48.9 Å². The lowest BCUT2D eigenvalue weighted by Crippen LogP contribution is -2.12. The van der Waals surface area contributed by atoms with Crippen LogP contribution in [0.5, 0.6) is 0 Å². The van der Waals surface area contributed by atoms with Gasteiger partial charge >= 0.3 is 0 Å². The number of hydrogen-bond donors (Lipinski definition) is 2. The van der Waals surface area contributed by atoms with E-state index in [-0.39, 0.29) is 4.90 Å². The molecule has 0 saturated carbocycles. The minimum Gasteiger partial charge on any atom is -0.340 e. The molecule has 2 N–H and O–H groups in total. The van der Waals surface area contributed by atoms with E-state index in [9.17, 15) is 8.42 Å². The molecule has 0 amide bonds. The summed E-state index contributed by atoms with van der Waals surface area (Å²) in [6, 6.07) is 14.1. The van der Waals surface area contributed by atoms with Gasteiger partial charge in [-0.2, -0.15) is 0 Å². The van der Waals surface area contributed by atoms with E-state index in [1.54, 1.807) is 23.7 Å². The standard InChI is InChI=1S/C17H13N5O2S2/c23-26(24,22-17-18-9-10-25-17)13-7-5-12(6-8-13)21-16-14-3-1-2-4-15(14)19-11-20-16/h1-11H,(H,18,22)(H,19,20,21). The smallest absolute Gasteiger partial charge is 0.263 e. The highest BCUT2D eigenvalue weighted by atomic mass is 32.2. The van der Waals surface area contributed by atoms with Crippen molar-refractivity contribution in [2.45, 2.75) is 4.90 Å². The van der Waals surface area contributed by atoms with E-state index >= 15 is 0 Å². The molecule has 26 heavy (non-hydrogen) atoms. The number of rotatable bonds is 5. The number of nitrogens with zero attached hydrogens (tertiary/aromatic N) is 3. The average molecular weight is 383 g/mol. The Balaban J connectivity index is 1.58. The second-order valence-electron chi connectivity index (χ2n) is 5.33. The predicted molar refractivity (Wildman–Crippen MR) is 102 cm³/mol. The molecule has 0 aliphatic rings. The molecule has 0 bridgehead atoms. The normalized spacial score (nSPS) is 11.4. The van der Waals surface area contributed by atoms with Crippen LogP contribution in [0.2, 0.25) is 0 Å². The third-order valence-electron chi connectivity index (χ3n) is 3.62. The van der Waals surface area contributed by atoms with Gasteiger partial charge in [0, 0.05) is 22.7 Å². The largest absolute Gasteiger partial charge is 0.340 e. The van der Waals surface area contributed by atoms with Gasteiger partial charge in [-0.25, -0.2) is 23.4 Å². The van der Waals surface area contributed by atoms with Gasteiger partial charge in [0.2, 0.25) is 0 Å². The predicted octanol–water partition coefficient (Wildman–Crippen LogP) is 3.63. The topological polar surface area (TPSA) is 96.9 Å². The van der Waals surface area contributed by atoms with Crippen LogP contribution in [0.15, 0.2) is 71.3 Å². The van der Waals surface area contributed by atoms with Gasteiger partial charge in [0.25, 0.3) is 10.0 Å². The second kappa shape index (κ2) is 6.70. The van der Waals surface area contributed by atoms with E-state index in [0.29, 0.717) is 10.9 Å². The van der Waals surface area contributed by atoms with Crippen molar-refractivity contribution in [3.8, 4) is 0 Å². The van der Waals surface area contributed by atoms with Crippen LogP contribution in [0.1, 0.15) is 0 Å². The van der Waals surface area contributed by atoms with Gasteiger partial charge in [-0.15, -0.1) is 11.3 Å². The van der Waals surface area contributed by atoms with E-state index in [4.69, 9.17) is 0 Å². The maximum Gasteiger partial charge on any atom is 0.263 e. The number of aromatic nitrogens is 3. The Morgan fingerprint density at radius 3 is 2.50 bits per heavy atom. The van der Waals surface area contributed by atoms with Crippen molar-refractivity contribution in [2.24, 2.45) is 0 Å². The van der Waals surface area contributed by atoms with E-state index in [2.05, 4.69) is 25.0 Å². The first-order chi connectivity index (χ1) is 12.6. The zero-order chi connectivity index (χ0) is 18.0. The van der Waals surface area contributed by atoms with Crippen LogP contribution >= 0.6 is 11.3 Å². The fraction of sp³-hybridized carbons (Fsp3) is 0. The summed E-state index contributed by atoms with van der Waals surface area (Å²) in [5.74, 6) is 0.659. The molecule has 0 radical (unpaired) electrons. The van der Waals surface area contributed by atoms with Crippen LogP contribution in [0.3, 0.4) is 0 Å². The van der Waals surface area contributed by atoms with E-state index in [1.165, 1.54) is 29.8 Å². The van der Waals surface area contributed by atoms with Gasteiger partial charge in [-0.1, -0.05) is 12.1 Å². The first-order valence-corrected chi connectivity index (χ1v) is 9.97. The van der Waals surface area contributed by atoms with Crippen LogP contribution in [-0.4, -0.2) is 23.4 Å². The summed E-state index contributed by atoms with van der Waals surface area (Å²) >= 11 is 1.22. The van der Waals surface area contributed by atoms with Crippen LogP contribution in [0.25, 0.3) is 10.9 Å². The summed E-state index contributed by atoms with van der Waals surface area (Å²) < 4.78 is 27.2. The Labute approximate surface area is 153 Å². The molecule has 130 valence electrons. The second-order valence-corrected chi connectivity index (χ2v) is 7.91. The minimum atomic E-state index is -3.66. The number of nitrogens with one attached hydrogen (secondary N) is 2. The lowest BCUT2D eigenvalue weighted by molar-refractivity contribution is 0.601. The van der Waals surface area contributed by atoms with Gasteiger partial charge in [-0.3, -0.25) is 4.72 Å². The average Bonchev–Trinajstić information content (AvgIpc) is 3.15. The molecular formula is C17H13N5O2S2. The first kappa shape index (κ1) is 16.4. The van der Waals surface area contributed by atoms with Crippen LogP contribution in [-0.2, 0) is 10.0 Å². The molecule has 9 heteroatoms. The Bertz CT molecular complexity index is 1140. The summed E-state index contributed by atoms with van der Waals surface area (Å²) in [5, 5.41) is 6.12. The SMILES string of the molecule is O=S(=O)(Nc1nccs1)c1ccc(Nc2ncnc3ccccc23)cc1.